The zero-order valence-electron chi connectivity index (χ0n) is 11.7. The van der Waals surface area contributed by atoms with Gasteiger partial charge in [0.1, 0.15) is 17.4 Å². The lowest BCUT2D eigenvalue weighted by Gasteiger charge is -2.20. The average molecular weight is 261 g/mol. The van der Waals surface area contributed by atoms with Crippen LogP contribution in [-0.4, -0.2) is 25.6 Å². The smallest absolute Gasteiger partial charge is 0.327 e. The highest BCUT2D eigenvalue weighted by Gasteiger charge is 2.28. The van der Waals surface area contributed by atoms with Crippen molar-refractivity contribution < 1.29 is 9.90 Å². The Balaban J connectivity index is 2.72. The molecule has 2 aromatic heterocycles. The minimum absolute atomic E-state index is 0.0247. The van der Waals surface area contributed by atoms with Crippen LogP contribution in [0.15, 0.2) is 12.3 Å². The number of aliphatic carboxylic acids is 1. The van der Waals surface area contributed by atoms with Crippen molar-refractivity contribution in [1.29, 1.82) is 0 Å². The second-order valence-corrected chi connectivity index (χ2v) is 5.13. The number of carboxylic acids is 1. The summed E-state index contributed by atoms with van der Waals surface area (Å²) in [5.41, 5.74) is 2.45. The molecule has 2 rings (SSSR count). The summed E-state index contributed by atoms with van der Waals surface area (Å²) in [6, 6.07) is 1.31. The second-order valence-electron chi connectivity index (χ2n) is 5.13. The van der Waals surface area contributed by atoms with Crippen molar-refractivity contribution in [1.82, 2.24) is 14.5 Å². The zero-order valence-corrected chi connectivity index (χ0v) is 11.7. The van der Waals surface area contributed by atoms with Gasteiger partial charge in [0, 0.05) is 12.6 Å². The normalized spacial score (nSPS) is 13.1. The lowest BCUT2D eigenvalue weighted by Crippen LogP contribution is -2.26. The van der Waals surface area contributed by atoms with Crippen LogP contribution in [0.1, 0.15) is 38.2 Å². The Bertz CT molecular complexity index is 616. The number of carboxylic acid groups (broad SMARTS) is 1. The van der Waals surface area contributed by atoms with Gasteiger partial charge in [0.15, 0.2) is 5.65 Å². The fraction of sp³-hybridized carbons (Fsp3) is 0.500. The van der Waals surface area contributed by atoms with Gasteiger partial charge in [0.25, 0.3) is 0 Å². The number of imidazole rings is 1. The fourth-order valence-corrected chi connectivity index (χ4v) is 2.37. The van der Waals surface area contributed by atoms with Gasteiger partial charge in [0.05, 0.1) is 0 Å². The molecule has 0 aliphatic heterocycles. The number of hydrogen-bond acceptors (Lipinski definition) is 3. The lowest BCUT2D eigenvalue weighted by molar-refractivity contribution is -0.142. The van der Waals surface area contributed by atoms with Crippen molar-refractivity contribution in [3.05, 3.63) is 23.7 Å². The van der Waals surface area contributed by atoms with E-state index in [1.807, 2.05) is 33.8 Å². The Morgan fingerprint density at radius 1 is 1.47 bits per heavy atom. The molecule has 0 saturated carbocycles. The molecule has 5 heteroatoms. The summed E-state index contributed by atoms with van der Waals surface area (Å²) in [5.74, 6) is -0.0936. The van der Waals surface area contributed by atoms with Crippen LogP contribution in [-0.2, 0) is 11.2 Å². The van der Waals surface area contributed by atoms with E-state index in [2.05, 4.69) is 9.97 Å². The van der Waals surface area contributed by atoms with Gasteiger partial charge >= 0.3 is 5.97 Å². The van der Waals surface area contributed by atoms with E-state index in [-0.39, 0.29) is 5.92 Å². The first-order valence-corrected chi connectivity index (χ1v) is 6.52. The highest BCUT2D eigenvalue weighted by atomic mass is 16.4. The molecule has 0 spiro atoms. The third kappa shape index (κ3) is 2.32. The highest BCUT2D eigenvalue weighted by molar-refractivity contribution is 5.78. The predicted octanol–water partition coefficient (Wildman–Crippen LogP) is 2.58. The average Bonchev–Trinajstić information content (AvgIpc) is 2.66. The Morgan fingerprint density at radius 3 is 2.68 bits per heavy atom. The molecule has 1 N–H and O–H groups in total. The van der Waals surface area contributed by atoms with Crippen LogP contribution in [0, 0.1) is 12.8 Å². The molecule has 2 heterocycles. The summed E-state index contributed by atoms with van der Waals surface area (Å²) >= 11 is 0. The SMILES string of the molecule is CCc1nc2cc(C)cnc2n1C(C(=O)O)C(C)C. The number of aryl methyl sites for hydroxylation is 2. The molecule has 0 aliphatic rings. The quantitative estimate of drug-likeness (QED) is 0.918. The summed E-state index contributed by atoms with van der Waals surface area (Å²) in [5, 5.41) is 9.47. The van der Waals surface area contributed by atoms with Gasteiger partial charge < -0.3 is 5.11 Å². The summed E-state index contributed by atoms with van der Waals surface area (Å²) in [7, 11) is 0. The predicted molar refractivity (Wildman–Crippen MR) is 73.2 cm³/mol. The fourth-order valence-electron chi connectivity index (χ4n) is 2.37. The van der Waals surface area contributed by atoms with Crippen molar-refractivity contribution >= 4 is 17.1 Å². The van der Waals surface area contributed by atoms with Gasteiger partial charge in [-0.15, -0.1) is 0 Å². The molecule has 0 aliphatic carbocycles. The van der Waals surface area contributed by atoms with E-state index in [9.17, 15) is 9.90 Å². The van der Waals surface area contributed by atoms with Gasteiger partial charge in [-0.25, -0.2) is 14.8 Å². The number of fused-ring (bicyclic) bond motifs is 1. The molecule has 0 aromatic carbocycles. The van der Waals surface area contributed by atoms with Crippen LogP contribution in [0.25, 0.3) is 11.2 Å². The zero-order chi connectivity index (χ0) is 14.2. The van der Waals surface area contributed by atoms with Crippen molar-refractivity contribution in [3.63, 3.8) is 0 Å². The second kappa shape index (κ2) is 4.99. The van der Waals surface area contributed by atoms with Gasteiger partial charge in [-0.2, -0.15) is 0 Å². The maximum absolute atomic E-state index is 11.5. The molecule has 0 fully saturated rings. The molecule has 5 nitrogen and oxygen atoms in total. The van der Waals surface area contributed by atoms with Crippen molar-refractivity contribution in [2.75, 3.05) is 0 Å². The van der Waals surface area contributed by atoms with Crippen LogP contribution < -0.4 is 0 Å². The van der Waals surface area contributed by atoms with Crippen LogP contribution in [0.3, 0.4) is 0 Å². The summed E-state index contributed by atoms with van der Waals surface area (Å²) in [4.78, 5) is 20.4. The van der Waals surface area contributed by atoms with Crippen LogP contribution in [0.2, 0.25) is 0 Å². The highest BCUT2D eigenvalue weighted by Crippen LogP contribution is 2.26. The molecular formula is C14H19N3O2. The number of rotatable bonds is 4. The summed E-state index contributed by atoms with van der Waals surface area (Å²) in [6.07, 6.45) is 2.44. The first-order chi connectivity index (χ1) is 8.95. The maximum Gasteiger partial charge on any atom is 0.327 e. The summed E-state index contributed by atoms with van der Waals surface area (Å²) < 4.78 is 1.77. The largest absolute Gasteiger partial charge is 0.480 e. The van der Waals surface area contributed by atoms with Gasteiger partial charge in [0.2, 0.25) is 0 Å². The number of nitrogens with zero attached hydrogens (tertiary/aromatic N) is 3. The minimum atomic E-state index is -0.841. The number of carbonyl (C=O) groups is 1. The standard InChI is InChI=1S/C14H19N3O2/c1-5-11-16-10-6-9(4)7-15-13(10)17(11)12(8(2)3)14(18)19/h6-8,12H,5H2,1-4H3,(H,18,19). The van der Waals surface area contributed by atoms with E-state index in [1.54, 1.807) is 10.8 Å². The van der Waals surface area contributed by atoms with Crippen LogP contribution in [0.4, 0.5) is 0 Å². The Labute approximate surface area is 112 Å². The topological polar surface area (TPSA) is 68.0 Å². The Kier molecular flexibility index (Phi) is 3.55. The van der Waals surface area contributed by atoms with Crippen molar-refractivity contribution in [2.45, 2.75) is 40.2 Å². The Morgan fingerprint density at radius 2 is 2.16 bits per heavy atom. The molecule has 0 bridgehead atoms. The first-order valence-electron chi connectivity index (χ1n) is 6.52. The molecule has 0 radical (unpaired) electrons. The summed E-state index contributed by atoms with van der Waals surface area (Å²) in [6.45, 7) is 7.73. The molecule has 1 atom stereocenters. The van der Waals surface area contributed by atoms with Crippen LogP contribution >= 0.6 is 0 Å². The molecule has 0 amide bonds. The van der Waals surface area contributed by atoms with Crippen molar-refractivity contribution in [2.24, 2.45) is 5.92 Å². The van der Waals surface area contributed by atoms with E-state index in [4.69, 9.17) is 0 Å². The minimum Gasteiger partial charge on any atom is -0.480 e. The van der Waals surface area contributed by atoms with Crippen molar-refractivity contribution in [3.8, 4) is 0 Å². The number of pyridine rings is 1. The lowest BCUT2D eigenvalue weighted by atomic mass is 10.0. The maximum atomic E-state index is 11.5. The monoisotopic (exact) mass is 261 g/mol. The first kappa shape index (κ1) is 13.5. The molecule has 2 aromatic rings. The molecule has 1 unspecified atom stereocenters. The van der Waals surface area contributed by atoms with Gasteiger partial charge in [-0.1, -0.05) is 20.8 Å². The van der Waals surface area contributed by atoms with Gasteiger partial charge in [-0.3, -0.25) is 4.57 Å². The van der Waals surface area contributed by atoms with E-state index in [0.29, 0.717) is 12.1 Å². The molecule has 102 valence electrons. The van der Waals surface area contributed by atoms with E-state index >= 15 is 0 Å². The van der Waals surface area contributed by atoms with Crippen LogP contribution in [0.5, 0.6) is 0 Å². The molecular weight excluding hydrogens is 242 g/mol. The van der Waals surface area contributed by atoms with Gasteiger partial charge in [-0.05, 0) is 24.5 Å². The van der Waals surface area contributed by atoms with E-state index in [0.717, 1.165) is 16.9 Å². The molecule has 0 saturated heterocycles. The van der Waals surface area contributed by atoms with E-state index in [1.165, 1.54) is 0 Å². The third-order valence-corrected chi connectivity index (χ3v) is 3.22. The third-order valence-electron chi connectivity index (χ3n) is 3.22. The number of hydrogen-bond donors (Lipinski definition) is 1. The Hall–Kier alpha value is -1.91. The number of aromatic nitrogens is 3. The molecule has 19 heavy (non-hydrogen) atoms. The van der Waals surface area contributed by atoms with E-state index < -0.39 is 12.0 Å².